The van der Waals surface area contributed by atoms with Crippen molar-refractivity contribution in [1.29, 1.82) is 0 Å². The van der Waals surface area contributed by atoms with Gasteiger partial charge in [0.2, 0.25) is 11.0 Å². The van der Waals surface area contributed by atoms with Crippen LogP contribution in [-0.4, -0.2) is 46.5 Å². The molecule has 6 nitrogen and oxygen atoms in total. The van der Waals surface area contributed by atoms with E-state index in [4.69, 9.17) is 4.74 Å². The van der Waals surface area contributed by atoms with Gasteiger partial charge in [0.1, 0.15) is 5.75 Å². The molecule has 1 atom stereocenters. The van der Waals surface area contributed by atoms with E-state index >= 15 is 0 Å². The van der Waals surface area contributed by atoms with Crippen molar-refractivity contribution in [2.45, 2.75) is 42.3 Å². The minimum Gasteiger partial charge on any atom is -0.497 e. The molecule has 2 aromatic carbocycles. The van der Waals surface area contributed by atoms with E-state index < -0.39 is 0 Å². The van der Waals surface area contributed by atoms with Crippen LogP contribution in [0.15, 0.2) is 58.9 Å². The number of amides is 1. The van der Waals surface area contributed by atoms with Crippen LogP contribution in [0.4, 0.5) is 5.13 Å². The normalized spacial score (nSPS) is 15.3. The summed E-state index contributed by atoms with van der Waals surface area (Å²) in [6.07, 6.45) is 3.23. The molecule has 1 unspecified atom stereocenters. The zero-order valence-electron chi connectivity index (χ0n) is 19.1. The smallest absolute Gasteiger partial charge is 0.235 e. The number of carbonyl (C=O) groups excluding carboxylic acids is 1. The summed E-state index contributed by atoms with van der Waals surface area (Å²) in [6.45, 7) is 4.31. The van der Waals surface area contributed by atoms with E-state index in [1.165, 1.54) is 28.7 Å². The van der Waals surface area contributed by atoms with Gasteiger partial charge in [-0.15, -0.1) is 10.2 Å². The minimum absolute atomic E-state index is 0.168. The Morgan fingerprint density at radius 2 is 1.85 bits per heavy atom. The zero-order chi connectivity index (χ0) is 23.0. The number of hydrogen-bond acceptors (Lipinski definition) is 7. The fourth-order valence-electron chi connectivity index (χ4n) is 4.01. The maximum absolute atomic E-state index is 13.0. The molecule has 1 fully saturated rings. The van der Waals surface area contributed by atoms with Crippen LogP contribution in [0.3, 0.4) is 0 Å². The molecule has 1 aromatic heterocycles. The molecule has 33 heavy (non-hydrogen) atoms. The summed E-state index contributed by atoms with van der Waals surface area (Å²) in [5.41, 5.74) is 2.53. The predicted octanol–water partition coefficient (Wildman–Crippen LogP) is 5.12. The number of aromatic nitrogens is 2. The maximum Gasteiger partial charge on any atom is 0.235 e. The fourth-order valence-corrected chi connectivity index (χ4v) is 5.99. The molecule has 0 radical (unpaired) electrons. The number of hydrogen-bond donors (Lipinski definition) is 1. The fraction of sp³-hybridized carbons (Fsp3) is 0.400. The van der Waals surface area contributed by atoms with Gasteiger partial charge in [0.25, 0.3) is 0 Å². The SMILES string of the molecule is COc1ccc(CNc2nnc(SC(C)C(=O)N3CCC(Cc4ccccc4)CC3)s2)cc1. The van der Waals surface area contributed by atoms with Gasteiger partial charge in [-0.1, -0.05) is 65.6 Å². The number of ether oxygens (including phenoxy) is 1. The van der Waals surface area contributed by atoms with E-state index in [2.05, 4.69) is 45.8 Å². The molecule has 0 bridgehead atoms. The van der Waals surface area contributed by atoms with E-state index in [1.807, 2.05) is 36.1 Å². The lowest BCUT2D eigenvalue weighted by Gasteiger charge is -2.33. The maximum atomic E-state index is 13.0. The number of anilines is 1. The third kappa shape index (κ3) is 6.71. The minimum atomic E-state index is -0.168. The van der Waals surface area contributed by atoms with Crippen molar-refractivity contribution in [2.24, 2.45) is 5.92 Å². The summed E-state index contributed by atoms with van der Waals surface area (Å²) >= 11 is 2.98. The summed E-state index contributed by atoms with van der Waals surface area (Å²) in [5, 5.41) is 12.4. The van der Waals surface area contributed by atoms with Crippen LogP contribution in [0.2, 0.25) is 0 Å². The molecule has 1 aliphatic rings. The highest BCUT2D eigenvalue weighted by molar-refractivity contribution is 8.02. The first kappa shape index (κ1) is 23.6. The van der Waals surface area contributed by atoms with E-state index in [-0.39, 0.29) is 11.2 Å². The highest BCUT2D eigenvalue weighted by Gasteiger charge is 2.27. The Balaban J connectivity index is 1.21. The first-order chi connectivity index (χ1) is 16.1. The van der Waals surface area contributed by atoms with Crippen molar-refractivity contribution in [3.63, 3.8) is 0 Å². The van der Waals surface area contributed by atoms with Crippen molar-refractivity contribution in [3.05, 3.63) is 65.7 Å². The second-order valence-corrected chi connectivity index (χ2v) is 10.9. The zero-order valence-corrected chi connectivity index (χ0v) is 20.7. The Morgan fingerprint density at radius 3 is 2.55 bits per heavy atom. The van der Waals surface area contributed by atoms with E-state index in [1.54, 1.807) is 7.11 Å². The average molecular weight is 483 g/mol. The number of benzene rings is 2. The van der Waals surface area contributed by atoms with Crippen molar-refractivity contribution >= 4 is 34.1 Å². The van der Waals surface area contributed by atoms with E-state index in [0.717, 1.165) is 53.1 Å². The lowest BCUT2D eigenvalue weighted by atomic mass is 9.90. The van der Waals surface area contributed by atoms with Crippen LogP contribution in [0.5, 0.6) is 5.75 Å². The molecule has 174 valence electrons. The Hall–Kier alpha value is -2.58. The predicted molar refractivity (Wildman–Crippen MR) is 135 cm³/mol. The average Bonchev–Trinajstić information content (AvgIpc) is 3.31. The number of methoxy groups -OCH3 is 1. The van der Waals surface area contributed by atoms with Crippen LogP contribution in [0.1, 0.15) is 30.9 Å². The summed E-state index contributed by atoms with van der Waals surface area (Å²) in [7, 11) is 1.66. The van der Waals surface area contributed by atoms with Crippen molar-refractivity contribution < 1.29 is 9.53 Å². The lowest BCUT2D eigenvalue weighted by molar-refractivity contribution is -0.131. The molecule has 1 N–H and O–H groups in total. The summed E-state index contributed by atoms with van der Waals surface area (Å²) < 4.78 is 6.00. The molecule has 0 spiro atoms. The molecular weight excluding hydrogens is 452 g/mol. The van der Waals surface area contributed by atoms with E-state index in [9.17, 15) is 4.79 Å². The summed E-state index contributed by atoms with van der Waals surface area (Å²) in [4.78, 5) is 15.0. The molecule has 0 saturated carbocycles. The second kappa shape index (κ2) is 11.5. The lowest BCUT2D eigenvalue weighted by Crippen LogP contribution is -2.42. The van der Waals surface area contributed by atoms with Gasteiger partial charge in [-0.2, -0.15) is 0 Å². The van der Waals surface area contributed by atoms with Gasteiger partial charge >= 0.3 is 0 Å². The third-order valence-corrected chi connectivity index (χ3v) is 7.98. The number of thioether (sulfide) groups is 1. The third-order valence-electron chi connectivity index (χ3n) is 5.93. The first-order valence-corrected chi connectivity index (χ1v) is 13.0. The Labute approximate surface area is 203 Å². The highest BCUT2D eigenvalue weighted by atomic mass is 32.2. The molecule has 4 rings (SSSR count). The molecule has 1 aliphatic heterocycles. The number of carbonyl (C=O) groups is 1. The highest BCUT2D eigenvalue weighted by Crippen LogP contribution is 2.31. The van der Waals surface area contributed by atoms with E-state index in [0.29, 0.717) is 12.5 Å². The quantitative estimate of drug-likeness (QED) is 0.427. The summed E-state index contributed by atoms with van der Waals surface area (Å²) in [5.74, 6) is 1.69. The molecular formula is C25H30N4O2S2. The summed E-state index contributed by atoms with van der Waals surface area (Å²) in [6, 6.07) is 18.6. The number of rotatable bonds is 9. The van der Waals surface area contributed by atoms with Crippen molar-refractivity contribution in [3.8, 4) is 5.75 Å². The molecule has 3 aromatic rings. The van der Waals surface area contributed by atoms with Crippen molar-refractivity contribution in [1.82, 2.24) is 15.1 Å². The van der Waals surface area contributed by atoms with Gasteiger partial charge in [0.05, 0.1) is 12.4 Å². The number of nitrogens with zero attached hydrogens (tertiary/aromatic N) is 3. The van der Waals surface area contributed by atoms with Gasteiger partial charge in [0.15, 0.2) is 4.34 Å². The van der Waals surface area contributed by atoms with Gasteiger partial charge in [0, 0.05) is 19.6 Å². The van der Waals surface area contributed by atoms with Crippen LogP contribution in [-0.2, 0) is 17.8 Å². The second-order valence-electron chi connectivity index (χ2n) is 8.29. The largest absolute Gasteiger partial charge is 0.497 e. The number of nitrogens with one attached hydrogen (secondary N) is 1. The van der Waals surface area contributed by atoms with Crippen LogP contribution in [0.25, 0.3) is 0 Å². The Morgan fingerprint density at radius 1 is 1.12 bits per heavy atom. The first-order valence-electron chi connectivity index (χ1n) is 11.3. The van der Waals surface area contributed by atoms with Gasteiger partial charge in [-0.05, 0) is 55.4 Å². The Bertz CT molecular complexity index is 1020. The molecule has 2 heterocycles. The van der Waals surface area contributed by atoms with Gasteiger partial charge < -0.3 is 15.0 Å². The monoisotopic (exact) mass is 482 g/mol. The van der Waals surface area contributed by atoms with Crippen LogP contribution in [0, 0.1) is 5.92 Å². The van der Waals surface area contributed by atoms with Gasteiger partial charge in [-0.25, -0.2) is 0 Å². The number of piperidine rings is 1. The molecule has 8 heteroatoms. The van der Waals surface area contributed by atoms with Gasteiger partial charge in [-0.3, -0.25) is 4.79 Å². The van der Waals surface area contributed by atoms with Crippen molar-refractivity contribution in [2.75, 3.05) is 25.5 Å². The molecule has 1 saturated heterocycles. The standard InChI is InChI=1S/C25H30N4O2S2/c1-18(23(30)29-14-12-20(13-15-29)16-19-6-4-3-5-7-19)32-25-28-27-24(33-25)26-17-21-8-10-22(31-2)11-9-21/h3-11,18,20H,12-17H2,1-2H3,(H,26,27). The topological polar surface area (TPSA) is 67.3 Å². The Kier molecular flexibility index (Phi) is 8.23. The van der Waals surface area contributed by atoms with Crippen LogP contribution < -0.4 is 10.1 Å². The molecule has 0 aliphatic carbocycles. The number of likely N-dealkylation sites (tertiary alicyclic amines) is 1. The van der Waals surface area contributed by atoms with Crippen LogP contribution >= 0.6 is 23.1 Å². The molecule has 1 amide bonds.